The van der Waals surface area contributed by atoms with E-state index in [1.54, 1.807) is 36.4 Å². The normalized spacial score (nSPS) is 12.1. The fourth-order valence-electron chi connectivity index (χ4n) is 1.46. The molecule has 0 fully saturated rings. The molecule has 0 spiro atoms. The molecule has 0 amide bonds. The van der Waals surface area contributed by atoms with Gasteiger partial charge in [-0.25, -0.2) is 8.60 Å². The number of benzene rings is 2. The molecule has 0 aliphatic heterocycles. The third-order valence-electron chi connectivity index (χ3n) is 2.42. The quantitative estimate of drug-likeness (QED) is 0.535. The van der Waals surface area contributed by atoms with E-state index in [-0.39, 0.29) is 35.4 Å². The zero-order valence-electron chi connectivity index (χ0n) is 9.42. The Labute approximate surface area is 135 Å². The predicted octanol–water partition coefficient (Wildman–Crippen LogP) is 2.93. The molecule has 0 saturated carbocycles. The molecule has 2 aromatic carbocycles. The molecule has 1 unspecified atom stereocenters. The zero-order chi connectivity index (χ0) is 13.0. The van der Waals surface area contributed by atoms with Crippen LogP contribution in [-0.4, -0.2) is 38.3 Å². The van der Waals surface area contributed by atoms with Crippen LogP contribution in [0.4, 0.5) is 4.39 Å². The average molecular weight is 286 g/mol. The summed E-state index contributed by atoms with van der Waals surface area (Å²) in [6.07, 6.45) is 3.71. The summed E-state index contributed by atoms with van der Waals surface area (Å²) < 4.78 is 32.3. The van der Waals surface area contributed by atoms with Crippen molar-refractivity contribution in [2.45, 2.75) is 4.90 Å². The molecular formula is C14H12FNaO2S. The van der Waals surface area contributed by atoms with Crippen molar-refractivity contribution in [1.29, 1.82) is 0 Å². The van der Waals surface area contributed by atoms with Crippen LogP contribution in [0.3, 0.4) is 0 Å². The van der Waals surface area contributed by atoms with Gasteiger partial charge in [0.1, 0.15) is 5.82 Å². The molecule has 2 rings (SSSR count). The number of hydrogen-bond donors (Lipinski definition) is 1. The molecule has 0 aliphatic rings. The van der Waals surface area contributed by atoms with E-state index in [0.29, 0.717) is 4.90 Å². The van der Waals surface area contributed by atoms with Crippen LogP contribution in [-0.2, 0) is 11.1 Å². The first-order valence-corrected chi connectivity index (χ1v) is 6.40. The molecule has 1 atom stereocenters. The topological polar surface area (TPSA) is 37.3 Å². The Morgan fingerprint density at radius 2 is 1.32 bits per heavy atom. The molecule has 5 heteroatoms. The van der Waals surface area contributed by atoms with E-state index < -0.39 is 11.1 Å². The summed E-state index contributed by atoms with van der Waals surface area (Å²) in [6, 6.07) is 12.9. The Kier molecular flexibility index (Phi) is 6.62. The fraction of sp³-hybridized carbons (Fsp3) is 0. The monoisotopic (exact) mass is 286 g/mol. The van der Waals surface area contributed by atoms with Crippen molar-refractivity contribution in [2.24, 2.45) is 0 Å². The van der Waals surface area contributed by atoms with E-state index in [1.165, 1.54) is 12.1 Å². The number of halogens is 1. The Bertz CT molecular complexity index is 579. The summed E-state index contributed by atoms with van der Waals surface area (Å²) in [5.41, 5.74) is 1.81. The van der Waals surface area contributed by atoms with Gasteiger partial charge < -0.3 is 4.55 Å². The van der Waals surface area contributed by atoms with Gasteiger partial charge in [0.2, 0.25) is 0 Å². The van der Waals surface area contributed by atoms with Crippen LogP contribution in [0.15, 0.2) is 53.4 Å². The van der Waals surface area contributed by atoms with Crippen LogP contribution < -0.4 is 0 Å². The van der Waals surface area contributed by atoms with Crippen LogP contribution in [0.1, 0.15) is 11.1 Å². The minimum atomic E-state index is -1.95. The Morgan fingerprint density at radius 3 is 1.74 bits per heavy atom. The van der Waals surface area contributed by atoms with Crippen LogP contribution in [0.25, 0.3) is 12.2 Å². The molecule has 19 heavy (non-hydrogen) atoms. The molecule has 0 radical (unpaired) electrons. The van der Waals surface area contributed by atoms with Crippen molar-refractivity contribution in [1.82, 2.24) is 0 Å². The second kappa shape index (κ2) is 7.72. The minimum absolute atomic E-state index is 0. The van der Waals surface area contributed by atoms with Crippen molar-refractivity contribution >= 4 is 52.8 Å². The molecule has 94 valence electrons. The molecule has 1 N–H and O–H groups in total. The first-order valence-electron chi connectivity index (χ1n) is 5.30. The first kappa shape index (κ1) is 16.3. The molecule has 2 nitrogen and oxygen atoms in total. The van der Waals surface area contributed by atoms with E-state index in [0.717, 1.165) is 11.1 Å². The van der Waals surface area contributed by atoms with Crippen molar-refractivity contribution in [2.75, 3.05) is 0 Å². The van der Waals surface area contributed by atoms with Crippen molar-refractivity contribution < 1.29 is 13.2 Å². The number of hydrogen-bond acceptors (Lipinski definition) is 1. The molecule has 0 bridgehead atoms. The summed E-state index contributed by atoms with van der Waals surface area (Å²) in [6.45, 7) is 0. The third kappa shape index (κ3) is 5.01. The van der Waals surface area contributed by atoms with Crippen LogP contribution in [0.2, 0.25) is 0 Å². The maximum absolute atomic E-state index is 12.7. The average Bonchev–Trinajstić information content (AvgIpc) is 2.38. The van der Waals surface area contributed by atoms with Gasteiger partial charge in [-0.15, -0.1) is 0 Å². The molecular weight excluding hydrogens is 274 g/mol. The summed E-state index contributed by atoms with van der Waals surface area (Å²) >= 11 is -1.95. The van der Waals surface area contributed by atoms with Crippen molar-refractivity contribution in [3.05, 3.63) is 65.5 Å². The molecule has 0 saturated heterocycles. The fourth-order valence-corrected chi connectivity index (χ4v) is 1.83. The third-order valence-corrected chi connectivity index (χ3v) is 3.10. The van der Waals surface area contributed by atoms with Crippen LogP contribution in [0.5, 0.6) is 0 Å². The summed E-state index contributed by atoms with van der Waals surface area (Å²) in [5, 5.41) is 0. The van der Waals surface area contributed by atoms with Gasteiger partial charge in [-0.1, -0.05) is 36.4 Å². The van der Waals surface area contributed by atoms with Gasteiger partial charge in [-0.05, 0) is 35.4 Å². The summed E-state index contributed by atoms with van der Waals surface area (Å²) in [7, 11) is 0. The predicted molar refractivity (Wildman–Crippen MR) is 78.0 cm³/mol. The molecule has 0 heterocycles. The molecule has 0 aromatic heterocycles. The summed E-state index contributed by atoms with van der Waals surface area (Å²) in [4.78, 5) is 0.369. The van der Waals surface area contributed by atoms with Gasteiger partial charge in [-0.2, -0.15) is 0 Å². The standard InChI is InChI=1S/C14H11FO2S.Na.H/c15-13-7-3-11(4-8-13)1-2-12-5-9-14(10-6-12)18(16)17;;/h1-10H,(H,16,17);;. The van der Waals surface area contributed by atoms with Crippen molar-refractivity contribution in [3.8, 4) is 0 Å². The van der Waals surface area contributed by atoms with E-state index in [9.17, 15) is 8.60 Å². The maximum atomic E-state index is 12.7. The molecule has 0 aliphatic carbocycles. The van der Waals surface area contributed by atoms with E-state index in [2.05, 4.69) is 0 Å². The SMILES string of the molecule is O=S(O)c1ccc(C=Cc2ccc(F)cc2)cc1.[NaH]. The van der Waals surface area contributed by atoms with Crippen LogP contribution in [0, 0.1) is 5.82 Å². The van der Waals surface area contributed by atoms with Crippen molar-refractivity contribution in [3.63, 3.8) is 0 Å². The second-order valence-electron chi connectivity index (χ2n) is 3.70. The van der Waals surface area contributed by atoms with Gasteiger partial charge in [-0.3, -0.25) is 0 Å². The number of rotatable bonds is 3. The van der Waals surface area contributed by atoms with E-state index in [1.807, 2.05) is 12.2 Å². The Hall–Kier alpha value is -0.780. The zero-order valence-corrected chi connectivity index (χ0v) is 10.2. The van der Waals surface area contributed by atoms with Crippen LogP contribution >= 0.6 is 0 Å². The summed E-state index contributed by atoms with van der Waals surface area (Å²) in [5.74, 6) is -0.262. The van der Waals surface area contributed by atoms with E-state index >= 15 is 0 Å². The van der Waals surface area contributed by atoms with Gasteiger partial charge in [0.25, 0.3) is 0 Å². The van der Waals surface area contributed by atoms with Gasteiger partial charge >= 0.3 is 29.6 Å². The van der Waals surface area contributed by atoms with Gasteiger partial charge in [0.05, 0.1) is 4.90 Å². The van der Waals surface area contributed by atoms with E-state index in [4.69, 9.17) is 4.55 Å². The van der Waals surface area contributed by atoms with Gasteiger partial charge in [0.15, 0.2) is 11.1 Å². The first-order chi connectivity index (χ1) is 8.65. The Morgan fingerprint density at radius 1 is 0.895 bits per heavy atom. The van der Waals surface area contributed by atoms with Gasteiger partial charge in [0, 0.05) is 0 Å². The Balaban J connectivity index is 0.00000180. The molecule has 2 aromatic rings. The second-order valence-corrected chi connectivity index (χ2v) is 4.67.